The number of hydrogen-bond acceptors (Lipinski definition) is 4. The molecule has 1 aromatic carbocycles. The standard InChI is InChI=1S/C9H10BrNO3/c1-13-6-4-3-5(9(12)14-2)7(10)8(6)11/h3-4H,11H2,1-2H3. The molecule has 76 valence electrons. The second-order valence-corrected chi connectivity index (χ2v) is 3.33. The molecule has 0 aromatic heterocycles. The molecule has 0 bridgehead atoms. The summed E-state index contributed by atoms with van der Waals surface area (Å²) >= 11 is 3.21. The molecule has 0 spiro atoms. The van der Waals surface area contributed by atoms with Gasteiger partial charge in [-0.2, -0.15) is 0 Å². The van der Waals surface area contributed by atoms with E-state index < -0.39 is 5.97 Å². The number of anilines is 1. The van der Waals surface area contributed by atoms with Crippen molar-refractivity contribution in [2.24, 2.45) is 0 Å². The van der Waals surface area contributed by atoms with Crippen LogP contribution in [0.2, 0.25) is 0 Å². The van der Waals surface area contributed by atoms with E-state index in [1.807, 2.05) is 0 Å². The van der Waals surface area contributed by atoms with Crippen molar-refractivity contribution in [3.63, 3.8) is 0 Å². The van der Waals surface area contributed by atoms with Crippen LogP contribution in [-0.2, 0) is 4.74 Å². The monoisotopic (exact) mass is 259 g/mol. The highest BCUT2D eigenvalue weighted by Gasteiger charge is 2.14. The molecule has 14 heavy (non-hydrogen) atoms. The molecule has 0 aliphatic heterocycles. The molecule has 2 N–H and O–H groups in total. The maximum Gasteiger partial charge on any atom is 0.339 e. The molecule has 5 heteroatoms. The van der Waals surface area contributed by atoms with E-state index in [-0.39, 0.29) is 0 Å². The number of rotatable bonds is 2. The number of nitrogens with two attached hydrogens (primary N) is 1. The number of carbonyl (C=O) groups excluding carboxylic acids is 1. The fourth-order valence-corrected chi connectivity index (χ4v) is 1.51. The first-order chi connectivity index (χ1) is 6.61. The quantitative estimate of drug-likeness (QED) is 0.650. The summed E-state index contributed by atoms with van der Waals surface area (Å²) in [4.78, 5) is 11.2. The van der Waals surface area contributed by atoms with E-state index in [0.717, 1.165) is 0 Å². The maximum atomic E-state index is 11.2. The van der Waals surface area contributed by atoms with Gasteiger partial charge in [-0.25, -0.2) is 4.79 Å². The number of carbonyl (C=O) groups is 1. The van der Waals surface area contributed by atoms with Gasteiger partial charge in [0.2, 0.25) is 0 Å². The van der Waals surface area contributed by atoms with Crippen LogP contribution in [0.15, 0.2) is 16.6 Å². The zero-order valence-corrected chi connectivity index (χ0v) is 9.42. The number of benzene rings is 1. The molecular weight excluding hydrogens is 250 g/mol. The molecule has 0 unspecified atom stereocenters. The zero-order chi connectivity index (χ0) is 10.7. The molecule has 0 aliphatic carbocycles. The Bertz CT molecular complexity index is 365. The first-order valence-electron chi connectivity index (χ1n) is 3.82. The maximum absolute atomic E-state index is 11.2. The summed E-state index contributed by atoms with van der Waals surface area (Å²) in [7, 11) is 2.82. The highest BCUT2D eigenvalue weighted by atomic mass is 79.9. The molecular formula is C9H10BrNO3. The van der Waals surface area contributed by atoms with Crippen molar-refractivity contribution in [2.45, 2.75) is 0 Å². The van der Waals surface area contributed by atoms with Crippen molar-refractivity contribution in [1.29, 1.82) is 0 Å². The van der Waals surface area contributed by atoms with E-state index in [0.29, 0.717) is 21.5 Å². The van der Waals surface area contributed by atoms with Crippen molar-refractivity contribution >= 4 is 27.6 Å². The van der Waals surface area contributed by atoms with Gasteiger partial charge in [0.1, 0.15) is 5.75 Å². The Labute approximate surface area is 90.1 Å². The lowest BCUT2D eigenvalue weighted by Crippen LogP contribution is -2.05. The van der Waals surface area contributed by atoms with Gasteiger partial charge in [-0.15, -0.1) is 0 Å². The lowest BCUT2D eigenvalue weighted by Gasteiger charge is -2.09. The van der Waals surface area contributed by atoms with Crippen LogP contribution in [0.3, 0.4) is 0 Å². The van der Waals surface area contributed by atoms with Crippen molar-refractivity contribution in [3.05, 3.63) is 22.2 Å². The van der Waals surface area contributed by atoms with E-state index >= 15 is 0 Å². The van der Waals surface area contributed by atoms with Crippen molar-refractivity contribution in [2.75, 3.05) is 20.0 Å². The lowest BCUT2D eigenvalue weighted by molar-refractivity contribution is 0.0599. The largest absolute Gasteiger partial charge is 0.495 e. The molecule has 4 nitrogen and oxygen atoms in total. The summed E-state index contributed by atoms with van der Waals surface area (Å²) in [5.41, 5.74) is 6.47. The van der Waals surface area contributed by atoms with Gasteiger partial charge >= 0.3 is 5.97 Å². The molecule has 0 amide bonds. The van der Waals surface area contributed by atoms with Gasteiger partial charge in [0.25, 0.3) is 0 Å². The van der Waals surface area contributed by atoms with E-state index in [4.69, 9.17) is 10.5 Å². The molecule has 0 heterocycles. The van der Waals surface area contributed by atoms with Gasteiger partial charge < -0.3 is 15.2 Å². The minimum Gasteiger partial charge on any atom is -0.495 e. The third-order valence-corrected chi connectivity index (χ3v) is 2.62. The van der Waals surface area contributed by atoms with Crippen LogP contribution >= 0.6 is 15.9 Å². The number of esters is 1. The van der Waals surface area contributed by atoms with E-state index in [1.165, 1.54) is 14.2 Å². The van der Waals surface area contributed by atoms with Gasteiger partial charge in [-0.1, -0.05) is 0 Å². The smallest absolute Gasteiger partial charge is 0.339 e. The number of methoxy groups -OCH3 is 2. The Kier molecular flexibility index (Phi) is 3.35. The van der Waals surface area contributed by atoms with Crippen molar-refractivity contribution < 1.29 is 14.3 Å². The molecule has 1 aromatic rings. The van der Waals surface area contributed by atoms with Gasteiger partial charge in [0, 0.05) is 0 Å². The summed E-state index contributed by atoms with van der Waals surface area (Å²) in [6.07, 6.45) is 0. The molecule has 0 saturated carbocycles. The van der Waals surface area contributed by atoms with Gasteiger partial charge in [0.05, 0.1) is 29.9 Å². The summed E-state index contributed by atoms with van der Waals surface area (Å²) in [5, 5.41) is 0. The zero-order valence-electron chi connectivity index (χ0n) is 7.83. The van der Waals surface area contributed by atoms with Crippen LogP contribution in [0.4, 0.5) is 5.69 Å². The summed E-state index contributed by atoms with van der Waals surface area (Å²) in [6.45, 7) is 0. The SMILES string of the molecule is COC(=O)c1ccc(OC)c(N)c1Br. The summed E-state index contributed by atoms with van der Waals surface area (Å²) < 4.78 is 10.1. The molecule has 1 rings (SSSR count). The highest BCUT2D eigenvalue weighted by molar-refractivity contribution is 9.10. The Morgan fingerprint density at radius 3 is 2.57 bits per heavy atom. The molecule has 0 saturated heterocycles. The second-order valence-electron chi connectivity index (χ2n) is 2.53. The average Bonchev–Trinajstić information content (AvgIpc) is 2.21. The van der Waals surface area contributed by atoms with Gasteiger partial charge in [-0.05, 0) is 28.1 Å². The number of ether oxygens (including phenoxy) is 2. The van der Waals surface area contributed by atoms with Crippen molar-refractivity contribution in [3.8, 4) is 5.75 Å². The first kappa shape index (κ1) is 10.8. The van der Waals surface area contributed by atoms with Crippen LogP contribution in [0.25, 0.3) is 0 Å². The third-order valence-electron chi connectivity index (χ3n) is 1.76. The second kappa shape index (κ2) is 4.32. The fraction of sp³-hybridized carbons (Fsp3) is 0.222. The molecule has 0 aliphatic rings. The third kappa shape index (κ3) is 1.82. The Balaban J connectivity index is 3.24. The predicted molar refractivity (Wildman–Crippen MR) is 56.4 cm³/mol. The minimum absolute atomic E-state index is 0.380. The predicted octanol–water partition coefficient (Wildman–Crippen LogP) is 1.83. The highest BCUT2D eigenvalue weighted by Crippen LogP contribution is 2.32. The number of nitrogen functional groups attached to an aromatic ring is 1. The Morgan fingerprint density at radius 1 is 1.43 bits per heavy atom. The normalized spacial score (nSPS) is 9.64. The topological polar surface area (TPSA) is 61.5 Å². The van der Waals surface area contributed by atoms with Gasteiger partial charge in [0.15, 0.2) is 0 Å². The van der Waals surface area contributed by atoms with Crippen molar-refractivity contribution in [1.82, 2.24) is 0 Å². The van der Waals surface area contributed by atoms with Crippen LogP contribution < -0.4 is 10.5 Å². The molecule has 0 atom stereocenters. The van der Waals surface area contributed by atoms with Crippen LogP contribution in [0.5, 0.6) is 5.75 Å². The van der Waals surface area contributed by atoms with Crippen LogP contribution in [-0.4, -0.2) is 20.2 Å². The van der Waals surface area contributed by atoms with E-state index in [1.54, 1.807) is 12.1 Å². The summed E-state index contributed by atoms with van der Waals surface area (Å²) in [5.74, 6) is 0.0794. The molecule has 0 radical (unpaired) electrons. The number of hydrogen-bond donors (Lipinski definition) is 1. The average molecular weight is 260 g/mol. The fourth-order valence-electron chi connectivity index (χ4n) is 1.02. The molecule has 0 fully saturated rings. The lowest BCUT2D eigenvalue weighted by atomic mass is 10.2. The van der Waals surface area contributed by atoms with Gasteiger partial charge in [-0.3, -0.25) is 0 Å². The summed E-state index contributed by atoms with van der Waals surface area (Å²) in [6, 6.07) is 3.21. The first-order valence-corrected chi connectivity index (χ1v) is 4.61. The van der Waals surface area contributed by atoms with Crippen LogP contribution in [0, 0.1) is 0 Å². The van der Waals surface area contributed by atoms with E-state index in [2.05, 4.69) is 20.7 Å². The Hall–Kier alpha value is -1.23. The van der Waals surface area contributed by atoms with E-state index in [9.17, 15) is 4.79 Å². The number of halogens is 1. The Morgan fingerprint density at radius 2 is 2.07 bits per heavy atom. The minimum atomic E-state index is -0.439. The van der Waals surface area contributed by atoms with Crippen LogP contribution in [0.1, 0.15) is 10.4 Å².